The first-order valence-electron chi connectivity index (χ1n) is 11.6. The van der Waals surface area contributed by atoms with Crippen LogP contribution in [0.1, 0.15) is 11.1 Å². The Kier molecular flexibility index (Phi) is 7.79. The van der Waals surface area contributed by atoms with Crippen molar-refractivity contribution in [3.63, 3.8) is 0 Å². The van der Waals surface area contributed by atoms with Gasteiger partial charge in [-0.15, -0.1) is 0 Å². The Morgan fingerprint density at radius 1 is 0.811 bits per heavy atom. The zero-order chi connectivity index (χ0) is 26.4. The summed E-state index contributed by atoms with van der Waals surface area (Å²) in [5, 5.41) is 2.78. The van der Waals surface area contributed by atoms with Gasteiger partial charge in [0.1, 0.15) is 23.8 Å². The van der Waals surface area contributed by atoms with E-state index >= 15 is 0 Å². The highest BCUT2D eigenvalue weighted by Crippen LogP contribution is 2.33. The van der Waals surface area contributed by atoms with E-state index in [0.717, 1.165) is 15.4 Å². The molecule has 0 saturated heterocycles. The largest absolute Gasteiger partial charge is 0.495 e. The van der Waals surface area contributed by atoms with Gasteiger partial charge < -0.3 is 14.8 Å². The van der Waals surface area contributed by atoms with Crippen molar-refractivity contribution in [2.75, 3.05) is 23.3 Å². The van der Waals surface area contributed by atoms with Crippen molar-refractivity contribution in [2.24, 2.45) is 0 Å². The number of methoxy groups -OCH3 is 1. The highest BCUT2D eigenvalue weighted by atomic mass is 32.2. The summed E-state index contributed by atoms with van der Waals surface area (Å²) >= 11 is 0. The van der Waals surface area contributed by atoms with Gasteiger partial charge in [0.25, 0.3) is 10.0 Å². The first kappa shape index (κ1) is 25.8. The number of nitrogens with zero attached hydrogens (tertiary/aromatic N) is 1. The number of aryl methyl sites for hydroxylation is 2. The number of carbonyl (C=O) groups excluding carboxylic acids is 1. The highest BCUT2D eigenvalue weighted by molar-refractivity contribution is 7.92. The Labute approximate surface area is 217 Å². The molecule has 0 fully saturated rings. The van der Waals surface area contributed by atoms with Crippen LogP contribution in [-0.4, -0.2) is 28.0 Å². The SMILES string of the molecule is COc1ccc(C)cc1N(CC(=O)Nc1ccc(Oc2ccccc2)cc1)S(=O)(=O)c1ccc(C)cc1. The van der Waals surface area contributed by atoms with Crippen molar-refractivity contribution in [3.05, 3.63) is 108 Å². The van der Waals surface area contributed by atoms with Crippen LogP contribution >= 0.6 is 0 Å². The molecule has 0 radical (unpaired) electrons. The minimum Gasteiger partial charge on any atom is -0.495 e. The molecular formula is C29H28N2O5S. The lowest BCUT2D eigenvalue weighted by molar-refractivity contribution is -0.114. The normalized spacial score (nSPS) is 11.0. The molecule has 0 atom stereocenters. The Morgan fingerprint density at radius 2 is 1.43 bits per heavy atom. The molecule has 4 aromatic rings. The summed E-state index contributed by atoms with van der Waals surface area (Å²) in [4.78, 5) is 13.2. The summed E-state index contributed by atoms with van der Waals surface area (Å²) in [5.41, 5.74) is 2.55. The summed E-state index contributed by atoms with van der Waals surface area (Å²) < 4.78 is 39.7. The lowest BCUT2D eigenvalue weighted by atomic mass is 10.2. The lowest BCUT2D eigenvalue weighted by Gasteiger charge is -2.26. The number of nitrogens with one attached hydrogen (secondary N) is 1. The van der Waals surface area contributed by atoms with Crippen molar-refractivity contribution in [2.45, 2.75) is 18.7 Å². The number of rotatable bonds is 9. The average Bonchev–Trinajstić information content (AvgIpc) is 2.89. The molecule has 0 aliphatic heterocycles. The van der Waals surface area contributed by atoms with E-state index in [2.05, 4.69) is 5.32 Å². The number of hydrogen-bond donors (Lipinski definition) is 1. The molecule has 0 aliphatic rings. The minimum absolute atomic E-state index is 0.0804. The molecule has 4 aromatic carbocycles. The lowest BCUT2D eigenvalue weighted by Crippen LogP contribution is -2.38. The van der Waals surface area contributed by atoms with Crippen molar-refractivity contribution < 1.29 is 22.7 Å². The third kappa shape index (κ3) is 6.29. The Balaban J connectivity index is 1.58. The van der Waals surface area contributed by atoms with E-state index in [9.17, 15) is 13.2 Å². The number of amides is 1. The van der Waals surface area contributed by atoms with E-state index in [4.69, 9.17) is 9.47 Å². The van der Waals surface area contributed by atoms with Crippen molar-refractivity contribution in [1.29, 1.82) is 0 Å². The van der Waals surface area contributed by atoms with Crippen LogP contribution in [0.2, 0.25) is 0 Å². The zero-order valence-electron chi connectivity index (χ0n) is 20.8. The number of sulfonamides is 1. The summed E-state index contributed by atoms with van der Waals surface area (Å²) in [6, 6.07) is 27.9. The van der Waals surface area contributed by atoms with Crippen LogP contribution in [0.4, 0.5) is 11.4 Å². The minimum atomic E-state index is -4.08. The van der Waals surface area contributed by atoms with Crippen LogP contribution < -0.4 is 19.1 Å². The number of hydrogen-bond acceptors (Lipinski definition) is 5. The predicted molar refractivity (Wildman–Crippen MR) is 145 cm³/mol. The quantitative estimate of drug-likeness (QED) is 0.298. The molecule has 4 rings (SSSR count). The van der Waals surface area contributed by atoms with Crippen molar-refractivity contribution in [3.8, 4) is 17.2 Å². The van der Waals surface area contributed by atoms with Gasteiger partial charge in [-0.3, -0.25) is 9.10 Å². The highest BCUT2D eigenvalue weighted by Gasteiger charge is 2.29. The molecule has 0 bridgehead atoms. The fraction of sp³-hybridized carbons (Fsp3) is 0.138. The van der Waals surface area contributed by atoms with Gasteiger partial charge in [-0.1, -0.05) is 42.0 Å². The fourth-order valence-electron chi connectivity index (χ4n) is 3.69. The Hall–Kier alpha value is -4.30. The number of ether oxygens (including phenoxy) is 2. The van der Waals surface area contributed by atoms with Crippen molar-refractivity contribution >= 4 is 27.3 Å². The van der Waals surface area contributed by atoms with Gasteiger partial charge >= 0.3 is 0 Å². The van der Waals surface area contributed by atoms with E-state index in [1.54, 1.807) is 48.5 Å². The van der Waals surface area contributed by atoms with Crippen LogP contribution in [0.15, 0.2) is 102 Å². The molecule has 37 heavy (non-hydrogen) atoms. The van der Waals surface area contributed by atoms with Crippen LogP contribution in [0.3, 0.4) is 0 Å². The van der Waals surface area contributed by atoms with Gasteiger partial charge in [-0.2, -0.15) is 0 Å². The molecule has 0 aliphatic carbocycles. The fourth-order valence-corrected chi connectivity index (χ4v) is 5.12. The monoisotopic (exact) mass is 516 g/mol. The molecule has 0 spiro atoms. The van der Waals surface area contributed by atoms with Gasteiger partial charge in [-0.05, 0) is 80.1 Å². The topological polar surface area (TPSA) is 84.9 Å². The van der Waals surface area contributed by atoms with E-state index in [1.165, 1.54) is 19.2 Å². The van der Waals surface area contributed by atoms with Gasteiger partial charge in [0.15, 0.2) is 0 Å². The Bertz CT molecular complexity index is 1470. The second-order valence-corrected chi connectivity index (χ2v) is 10.4. The maximum Gasteiger partial charge on any atom is 0.264 e. The number of anilines is 2. The second kappa shape index (κ2) is 11.2. The first-order chi connectivity index (χ1) is 17.8. The summed E-state index contributed by atoms with van der Waals surface area (Å²) in [6.07, 6.45) is 0. The van der Waals surface area contributed by atoms with E-state index in [0.29, 0.717) is 22.9 Å². The third-order valence-corrected chi connectivity index (χ3v) is 7.39. The van der Waals surface area contributed by atoms with Gasteiger partial charge in [0.05, 0.1) is 17.7 Å². The molecular weight excluding hydrogens is 488 g/mol. The van der Waals surface area contributed by atoms with E-state index in [-0.39, 0.29) is 10.6 Å². The summed E-state index contributed by atoms with van der Waals surface area (Å²) in [6.45, 7) is 3.28. The Morgan fingerprint density at radius 3 is 2.08 bits per heavy atom. The molecule has 7 nitrogen and oxygen atoms in total. The third-order valence-electron chi connectivity index (χ3n) is 5.62. The summed E-state index contributed by atoms with van der Waals surface area (Å²) in [7, 11) is -2.61. The zero-order valence-corrected chi connectivity index (χ0v) is 21.7. The van der Waals surface area contributed by atoms with Gasteiger partial charge in [-0.25, -0.2) is 8.42 Å². The molecule has 1 N–H and O–H groups in total. The van der Waals surface area contributed by atoms with Crippen molar-refractivity contribution in [1.82, 2.24) is 0 Å². The maximum absolute atomic E-state index is 13.7. The van der Waals surface area contributed by atoms with Gasteiger partial charge in [0.2, 0.25) is 5.91 Å². The molecule has 0 heterocycles. The smallest absolute Gasteiger partial charge is 0.264 e. The van der Waals surface area contributed by atoms with E-state index < -0.39 is 22.5 Å². The standard InChI is InChI=1S/C29H28N2O5S/c1-21-9-16-26(17-10-21)37(33,34)31(27-19-22(2)11-18-28(27)35-3)20-29(32)30-23-12-14-25(15-13-23)36-24-7-5-4-6-8-24/h4-19H,20H2,1-3H3,(H,30,32). The number of para-hydroxylation sites is 1. The molecule has 0 aromatic heterocycles. The molecule has 0 unspecified atom stereocenters. The first-order valence-corrected chi connectivity index (χ1v) is 13.1. The molecule has 1 amide bonds. The summed E-state index contributed by atoms with van der Waals surface area (Å²) in [5.74, 6) is 1.15. The molecule has 8 heteroatoms. The van der Waals surface area contributed by atoms with Crippen LogP contribution in [0.5, 0.6) is 17.2 Å². The second-order valence-electron chi connectivity index (χ2n) is 8.49. The number of benzene rings is 4. The van der Waals surface area contributed by atoms with Gasteiger partial charge in [0, 0.05) is 5.69 Å². The van der Waals surface area contributed by atoms with Crippen LogP contribution in [0, 0.1) is 13.8 Å². The number of carbonyl (C=O) groups is 1. The maximum atomic E-state index is 13.7. The molecule has 190 valence electrons. The average molecular weight is 517 g/mol. The molecule has 0 saturated carbocycles. The van der Waals surface area contributed by atoms with Crippen LogP contribution in [-0.2, 0) is 14.8 Å². The van der Waals surface area contributed by atoms with E-state index in [1.807, 2.05) is 50.2 Å². The van der Waals surface area contributed by atoms with Crippen LogP contribution in [0.25, 0.3) is 0 Å². The predicted octanol–water partition coefficient (Wildman–Crippen LogP) is 5.94.